The van der Waals surface area contributed by atoms with Crippen molar-refractivity contribution in [3.63, 3.8) is 0 Å². The van der Waals surface area contributed by atoms with E-state index in [-0.39, 0.29) is 23.3 Å². The van der Waals surface area contributed by atoms with E-state index >= 15 is 0 Å². The first-order chi connectivity index (χ1) is 10.5. The van der Waals surface area contributed by atoms with Gasteiger partial charge in [-0.2, -0.15) is 0 Å². The number of benzene rings is 1. The molecule has 1 fully saturated rings. The molecule has 22 heavy (non-hydrogen) atoms. The van der Waals surface area contributed by atoms with Crippen LogP contribution in [-0.4, -0.2) is 37.7 Å². The summed E-state index contributed by atoms with van der Waals surface area (Å²) in [6.07, 6.45) is 1.77. The Kier molecular flexibility index (Phi) is 4.15. The molecule has 1 amide bonds. The predicted octanol–water partition coefficient (Wildman–Crippen LogP) is 0.455. The van der Waals surface area contributed by atoms with E-state index in [4.69, 9.17) is 0 Å². The molecule has 0 saturated carbocycles. The van der Waals surface area contributed by atoms with Crippen LogP contribution in [-0.2, 0) is 21.1 Å². The molecule has 0 spiro atoms. The second-order valence-electron chi connectivity index (χ2n) is 5.87. The van der Waals surface area contributed by atoms with E-state index in [1.807, 2.05) is 30.3 Å². The summed E-state index contributed by atoms with van der Waals surface area (Å²) in [6, 6.07) is 9.27. The Morgan fingerprint density at radius 3 is 2.59 bits per heavy atom. The number of aliphatic imine (C=N–C) groups is 1. The third kappa shape index (κ3) is 3.65. The first-order valence-corrected chi connectivity index (χ1v) is 9.21. The van der Waals surface area contributed by atoms with Crippen molar-refractivity contribution in [2.24, 2.45) is 10.9 Å². The lowest BCUT2D eigenvalue weighted by molar-refractivity contribution is -0.123. The lowest BCUT2D eigenvalue weighted by Gasteiger charge is -2.23. The second-order valence-corrected chi connectivity index (χ2v) is 8.10. The maximum absolute atomic E-state index is 11.9. The molecular formula is C15H19N3O3S. The van der Waals surface area contributed by atoms with Gasteiger partial charge in [-0.15, -0.1) is 0 Å². The van der Waals surface area contributed by atoms with Gasteiger partial charge in [-0.1, -0.05) is 30.3 Å². The first-order valence-electron chi connectivity index (χ1n) is 7.39. The fourth-order valence-electron chi connectivity index (χ4n) is 2.88. The van der Waals surface area contributed by atoms with Crippen LogP contribution >= 0.6 is 0 Å². The smallest absolute Gasteiger partial charge is 0.263 e. The molecule has 0 bridgehead atoms. The average Bonchev–Trinajstić information content (AvgIpc) is 2.83. The van der Waals surface area contributed by atoms with Crippen molar-refractivity contribution in [2.75, 3.05) is 11.5 Å². The Labute approximate surface area is 129 Å². The topological polar surface area (TPSA) is 87.6 Å². The van der Waals surface area contributed by atoms with Gasteiger partial charge in [-0.05, 0) is 17.9 Å². The van der Waals surface area contributed by atoms with Crippen molar-refractivity contribution in [3.05, 3.63) is 35.9 Å². The monoisotopic (exact) mass is 321 g/mol. The number of amidine groups is 1. The van der Waals surface area contributed by atoms with Crippen molar-refractivity contribution >= 4 is 21.6 Å². The number of carbonyl (C=O) groups excluding carboxylic acids is 1. The van der Waals surface area contributed by atoms with Crippen molar-refractivity contribution in [2.45, 2.75) is 25.3 Å². The highest BCUT2D eigenvalue weighted by molar-refractivity contribution is 7.91. The number of hydrogen-bond acceptors (Lipinski definition) is 5. The molecule has 2 N–H and O–H groups in total. The summed E-state index contributed by atoms with van der Waals surface area (Å²) in [5.74, 6) is 1.06. The third-order valence-electron chi connectivity index (χ3n) is 4.02. The zero-order chi connectivity index (χ0) is 15.6. The minimum Gasteiger partial charge on any atom is -0.286 e. The molecule has 3 rings (SSSR count). The Balaban J connectivity index is 1.67. The summed E-state index contributed by atoms with van der Waals surface area (Å²) < 4.78 is 23.0. The molecule has 2 unspecified atom stereocenters. The van der Waals surface area contributed by atoms with Crippen LogP contribution in [0.3, 0.4) is 0 Å². The summed E-state index contributed by atoms with van der Waals surface area (Å²) in [4.78, 5) is 16.4. The number of hydrazine groups is 1. The fraction of sp³-hybridized carbons (Fsp3) is 0.467. The Morgan fingerprint density at radius 1 is 1.14 bits per heavy atom. The van der Waals surface area contributed by atoms with Gasteiger partial charge in [0.15, 0.2) is 9.84 Å². The van der Waals surface area contributed by atoms with Crippen molar-refractivity contribution in [3.8, 4) is 0 Å². The van der Waals surface area contributed by atoms with Gasteiger partial charge in [0.25, 0.3) is 5.91 Å². The normalized spacial score (nSPS) is 26.9. The summed E-state index contributed by atoms with van der Waals surface area (Å²) in [5.41, 5.74) is 6.47. The van der Waals surface area contributed by atoms with Gasteiger partial charge in [-0.25, -0.2) is 8.42 Å². The molecule has 1 saturated heterocycles. The molecule has 2 aliphatic rings. The van der Waals surface area contributed by atoms with Gasteiger partial charge in [0.1, 0.15) is 11.9 Å². The standard InChI is InChI=1S/C15H19N3O3S/c19-15-13(8-11-4-2-1-3-5-11)16-14(17-18-15)9-12-6-7-22(20,21)10-12/h1-5,12-13H,6-10H2,(H,16,17)(H,18,19). The molecule has 7 heteroatoms. The molecule has 0 aliphatic carbocycles. The number of amides is 1. The highest BCUT2D eigenvalue weighted by Crippen LogP contribution is 2.22. The summed E-state index contributed by atoms with van der Waals surface area (Å²) in [7, 11) is -2.89. The average molecular weight is 321 g/mol. The zero-order valence-corrected chi connectivity index (χ0v) is 13.0. The van der Waals surface area contributed by atoms with Crippen LogP contribution in [0.5, 0.6) is 0 Å². The third-order valence-corrected chi connectivity index (χ3v) is 5.86. The van der Waals surface area contributed by atoms with Gasteiger partial charge in [0.2, 0.25) is 0 Å². The Morgan fingerprint density at radius 2 is 1.91 bits per heavy atom. The van der Waals surface area contributed by atoms with Crippen LogP contribution in [0, 0.1) is 5.92 Å². The summed E-state index contributed by atoms with van der Waals surface area (Å²) in [5, 5.41) is 0. The van der Waals surface area contributed by atoms with E-state index in [1.165, 1.54) is 0 Å². The van der Waals surface area contributed by atoms with Gasteiger partial charge >= 0.3 is 0 Å². The predicted molar refractivity (Wildman–Crippen MR) is 84.0 cm³/mol. The Bertz CT molecular complexity index is 685. The van der Waals surface area contributed by atoms with Crippen LogP contribution in [0.25, 0.3) is 0 Å². The van der Waals surface area contributed by atoms with E-state index in [9.17, 15) is 13.2 Å². The van der Waals surface area contributed by atoms with Crippen LogP contribution < -0.4 is 10.9 Å². The molecular weight excluding hydrogens is 302 g/mol. The molecule has 1 aromatic rings. The van der Waals surface area contributed by atoms with E-state index in [1.54, 1.807) is 0 Å². The van der Waals surface area contributed by atoms with Gasteiger partial charge in [0, 0.05) is 12.8 Å². The molecule has 2 atom stereocenters. The van der Waals surface area contributed by atoms with Crippen LogP contribution in [0.1, 0.15) is 18.4 Å². The molecule has 0 radical (unpaired) electrons. The van der Waals surface area contributed by atoms with E-state index in [0.29, 0.717) is 25.1 Å². The van der Waals surface area contributed by atoms with E-state index in [0.717, 1.165) is 5.56 Å². The minimum atomic E-state index is -2.89. The van der Waals surface area contributed by atoms with E-state index < -0.39 is 15.9 Å². The summed E-state index contributed by atoms with van der Waals surface area (Å²) in [6.45, 7) is 0. The van der Waals surface area contributed by atoms with Crippen molar-refractivity contribution < 1.29 is 13.2 Å². The number of sulfone groups is 1. The maximum atomic E-state index is 11.9. The van der Waals surface area contributed by atoms with Gasteiger partial charge in [0.05, 0.1) is 11.5 Å². The second kappa shape index (κ2) is 6.08. The van der Waals surface area contributed by atoms with Crippen LogP contribution in [0.15, 0.2) is 35.3 Å². The summed E-state index contributed by atoms with van der Waals surface area (Å²) >= 11 is 0. The number of hydrogen-bond donors (Lipinski definition) is 2. The molecule has 2 aliphatic heterocycles. The molecule has 6 nitrogen and oxygen atoms in total. The lowest BCUT2D eigenvalue weighted by Crippen LogP contribution is -2.52. The first kappa shape index (κ1) is 15.0. The number of nitrogens with zero attached hydrogens (tertiary/aromatic N) is 1. The highest BCUT2D eigenvalue weighted by atomic mass is 32.2. The Hall–Kier alpha value is -1.89. The molecule has 2 heterocycles. The van der Waals surface area contributed by atoms with Gasteiger partial charge in [-0.3, -0.25) is 20.6 Å². The molecule has 118 valence electrons. The van der Waals surface area contributed by atoms with Crippen molar-refractivity contribution in [1.82, 2.24) is 10.9 Å². The molecule has 1 aromatic carbocycles. The van der Waals surface area contributed by atoms with Crippen molar-refractivity contribution in [1.29, 1.82) is 0 Å². The molecule has 0 aromatic heterocycles. The number of carbonyl (C=O) groups is 1. The number of nitrogens with one attached hydrogen (secondary N) is 2. The van der Waals surface area contributed by atoms with Gasteiger partial charge < -0.3 is 0 Å². The highest BCUT2D eigenvalue weighted by Gasteiger charge is 2.31. The van der Waals surface area contributed by atoms with E-state index in [2.05, 4.69) is 15.8 Å². The largest absolute Gasteiger partial charge is 0.286 e. The lowest BCUT2D eigenvalue weighted by atomic mass is 10.0. The quantitative estimate of drug-likeness (QED) is 0.843. The maximum Gasteiger partial charge on any atom is 0.263 e. The van der Waals surface area contributed by atoms with Crippen LogP contribution in [0.2, 0.25) is 0 Å². The minimum absolute atomic E-state index is 0.0867. The number of rotatable bonds is 4. The van der Waals surface area contributed by atoms with Crippen LogP contribution in [0.4, 0.5) is 0 Å². The fourth-order valence-corrected chi connectivity index (χ4v) is 4.74. The zero-order valence-electron chi connectivity index (χ0n) is 12.2. The SMILES string of the molecule is O=C1NNC(CC2CCS(=O)(=O)C2)=NC1Cc1ccccc1.